The van der Waals surface area contributed by atoms with E-state index in [0.29, 0.717) is 6.42 Å². The van der Waals surface area contributed by atoms with Gasteiger partial charge < -0.3 is 9.84 Å². The first-order valence-electron chi connectivity index (χ1n) is 19.8. The molecule has 0 aromatic rings. The fourth-order valence-corrected chi connectivity index (χ4v) is 5.96. The summed E-state index contributed by atoms with van der Waals surface area (Å²) in [4.78, 5) is 23.3. The molecule has 0 aromatic heterocycles. The molecule has 0 aliphatic rings. The molecule has 0 aromatic carbocycles. The smallest absolute Gasteiger partial charge is 0.306 e. The third-order valence-corrected chi connectivity index (χ3v) is 8.91. The average molecular weight is 633 g/mol. The van der Waals surface area contributed by atoms with Crippen LogP contribution in [0.4, 0.5) is 0 Å². The van der Waals surface area contributed by atoms with E-state index in [1.807, 2.05) is 0 Å². The zero-order chi connectivity index (χ0) is 32.9. The van der Waals surface area contributed by atoms with Gasteiger partial charge in [-0.15, -0.1) is 0 Å². The monoisotopic (exact) mass is 633 g/mol. The van der Waals surface area contributed by atoms with Crippen LogP contribution in [0.1, 0.15) is 219 Å². The van der Waals surface area contributed by atoms with Gasteiger partial charge in [0.05, 0.1) is 0 Å². The zero-order valence-electron chi connectivity index (χ0n) is 30.2. The summed E-state index contributed by atoms with van der Waals surface area (Å²) in [6, 6.07) is 0. The van der Waals surface area contributed by atoms with E-state index in [1.165, 1.54) is 122 Å². The van der Waals surface area contributed by atoms with Gasteiger partial charge in [-0.2, -0.15) is 0 Å². The summed E-state index contributed by atoms with van der Waals surface area (Å²) in [5.74, 6) is -0.753. The Labute approximate surface area is 280 Å². The molecular formula is C41H76O4. The van der Waals surface area contributed by atoms with Crippen molar-refractivity contribution in [3.63, 3.8) is 0 Å². The summed E-state index contributed by atoms with van der Waals surface area (Å²) >= 11 is 0. The third kappa shape index (κ3) is 36.8. The van der Waals surface area contributed by atoms with Crippen molar-refractivity contribution < 1.29 is 19.4 Å². The first-order chi connectivity index (χ1) is 22.1. The van der Waals surface area contributed by atoms with Crippen LogP contribution in [0.3, 0.4) is 0 Å². The van der Waals surface area contributed by atoms with Crippen LogP contribution in [-0.4, -0.2) is 23.1 Å². The van der Waals surface area contributed by atoms with Gasteiger partial charge in [0, 0.05) is 12.8 Å². The lowest BCUT2D eigenvalue weighted by atomic mass is 10.0. The largest absolute Gasteiger partial charge is 0.481 e. The molecule has 0 aliphatic carbocycles. The second kappa shape index (κ2) is 36.9. The van der Waals surface area contributed by atoms with Crippen LogP contribution in [0.2, 0.25) is 0 Å². The molecule has 45 heavy (non-hydrogen) atoms. The van der Waals surface area contributed by atoms with E-state index < -0.39 is 5.97 Å². The van der Waals surface area contributed by atoms with Crippen molar-refractivity contribution >= 4 is 11.9 Å². The van der Waals surface area contributed by atoms with Crippen LogP contribution in [0.5, 0.6) is 0 Å². The molecule has 0 saturated heterocycles. The van der Waals surface area contributed by atoms with E-state index in [-0.39, 0.29) is 18.5 Å². The van der Waals surface area contributed by atoms with Crippen LogP contribution in [-0.2, 0) is 14.3 Å². The Morgan fingerprint density at radius 2 is 0.933 bits per heavy atom. The lowest BCUT2D eigenvalue weighted by Crippen LogP contribution is -2.16. The summed E-state index contributed by atoms with van der Waals surface area (Å²) in [5, 5.41) is 8.77. The second-order valence-corrected chi connectivity index (χ2v) is 13.5. The molecule has 0 aliphatic heterocycles. The number of unbranched alkanes of at least 4 members (excludes halogenated alkanes) is 25. The molecule has 4 heteroatoms. The molecule has 4 nitrogen and oxygen atoms in total. The highest BCUT2D eigenvalue weighted by Crippen LogP contribution is 2.16. The van der Waals surface area contributed by atoms with Gasteiger partial charge in [0.1, 0.15) is 6.10 Å². The average Bonchev–Trinajstić information content (AvgIpc) is 3.02. The predicted molar refractivity (Wildman–Crippen MR) is 195 cm³/mol. The molecule has 0 heterocycles. The van der Waals surface area contributed by atoms with Crippen molar-refractivity contribution in [2.75, 3.05) is 0 Å². The minimum atomic E-state index is -0.702. The van der Waals surface area contributed by atoms with Crippen LogP contribution >= 0.6 is 0 Å². The van der Waals surface area contributed by atoms with Gasteiger partial charge in [0.2, 0.25) is 0 Å². The fraction of sp³-hybridized carbons (Fsp3) is 0.854. The summed E-state index contributed by atoms with van der Waals surface area (Å²) in [7, 11) is 0. The normalized spacial score (nSPS) is 12.4. The van der Waals surface area contributed by atoms with Crippen LogP contribution in [0, 0.1) is 0 Å². The number of rotatable bonds is 36. The molecule has 0 saturated carbocycles. The molecule has 0 bridgehead atoms. The molecule has 1 unspecified atom stereocenters. The molecule has 0 radical (unpaired) electrons. The van der Waals surface area contributed by atoms with Gasteiger partial charge in [0.25, 0.3) is 0 Å². The first kappa shape index (κ1) is 43.4. The summed E-state index contributed by atoms with van der Waals surface area (Å²) < 4.78 is 5.90. The maximum absolute atomic E-state index is 12.6. The van der Waals surface area contributed by atoms with Crippen LogP contribution in [0.25, 0.3) is 0 Å². The summed E-state index contributed by atoms with van der Waals surface area (Å²) in [6.45, 7) is 4.52. The van der Waals surface area contributed by atoms with E-state index in [4.69, 9.17) is 9.84 Å². The van der Waals surface area contributed by atoms with Gasteiger partial charge in [-0.3, -0.25) is 9.59 Å². The van der Waals surface area contributed by atoms with Gasteiger partial charge in [-0.1, -0.05) is 180 Å². The van der Waals surface area contributed by atoms with Crippen molar-refractivity contribution in [3.8, 4) is 0 Å². The molecule has 0 fully saturated rings. The fourth-order valence-electron chi connectivity index (χ4n) is 5.96. The number of esters is 1. The third-order valence-electron chi connectivity index (χ3n) is 8.91. The minimum absolute atomic E-state index is 0.0510. The quantitative estimate of drug-likeness (QED) is 0.0424. The van der Waals surface area contributed by atoms with Gasteiger partial charge in [-0.25, -0.2) is 0 Å². The summed E-state index contributed by atoms with van der Waals surface area (Å²) in [6.07, 6.45) is 46.5. The standard InChI is InChI=1S/C41H76O4/c1-3-5-7-9-11-13-14-15-16-17-18-19-20-21-22-24-30-34-38-41(44)45-39(35-31-27-23-12-10-8-6-4-2)36-32-28-25-26-29-33-37-40(42)43/h12,23,31,35,39H,3-11,13-22,24-30,32-34,36-38H2,1-2H3,(H,42,43)/b23-12-,35-31-. The van der Waals surface area contributed by atoms with Crippen LogP contribution < -0.4 is 0 Å². The Morgan fingerprint density at radius 1 is 0.511 bits per heavy atom. The Hall–Kier alpha value is -1.58. The Morgan fingerprint density at radius 3 is 1.42 bits per heavy atom. The van der Waals surface area contributed by atoms with Crippen LogP contribution in [0.15, 0.2) is 24.3 Å². The number of carbonyl (C=O) groups is 2. The maximum atomic E-state index is 12.6. The van der Waals surface area contributed by atoms with Crippen molar-refractivity contribution in [1.82, 2.24) is 0 Å². The number of carboxylic acids is 1. The number of carboxylic acid groups (broad SMARTS) is 1. The Bertz CT molecular complexity index is 683. The highest BCUT2D eigenvalue weighted by atomic mass is 16.5. The number of hydrogen-bond acceptors (Lipinski definition) is 3. The van der Waals surface area contributed by atoms with E-state index in [9.17, 15) is 9.59 Å². The number of carbonyl (C=O) groups excluding carboxylic acids is 1. The van der Waals surface area contributed by atoms with Gasteiger partial charge >= 0.3 is 11.9 Å². The van der Waals surface area contributed by atoms with E-state index in [2.05, 4.69) is 38.2 Å². The molecule has 1 atom stereocenters. The van der Waals surface area contributed by atoms with Gasteiger partial charge in [0.15, 0.2) is 0 Å². The second-order valence-electron chi connectivity index (χ2n) is 13.5. The molecular weight excluding hydrogens is 556 g/mol. The lowest BCUT2D eigenvalue weighted by Gasteiger charge is -2.14. The first-order valence-corrected chi connectivity index (χ1v) is 19.8. The van der Waals surface area contributed by atoms with E-state index >= 15 is 0 Å². The Kier molecular flexibility index (Phi) is 35.6. The number of hydrogen-bond donors (Lipinski definition) is 1. The van der Waals surface area contributed by atoms with Gasteiger partial charge in [-0.05, 0) is 51.0 Å². The number of allylic oxidation sites excluding steroid dienone is 3. The SMILES string of the molecule is CCCCC/C=C\C/C=C\C(CCCCCCCCC(=O)O)OC(=O)CCCCCCCCCCCCCCCCCCCC. The van der Waals surface area contributed by atoms with Crippen molar-refractivity contribution in [2.45, 2.75) is 225 Å². The molecule has 264 valence electrons. The Balaban J connectivity index is 3.96. The van der Waals surface area contributed by atoms with E-state index in [0.717, 1.165) is 70.6 Å². The molecule has 0 amide bonds. The highest BCUT2D eigenvalue weighted by Gasteiger charge is 2.11. The molecule has 0 spiro atoms. The van der Waals surface area contributed by atoms with Crippen molar-refractivity contribution in [1.29, 1.82) is 0 Å². The lowest BCUT2D eigenvalue weighted by molar-refractivity contribution is -0.147. The minimum Gasteiger partial charge on any atom is -0.481 e. The topological polar surface area (TPSA) is 63.6 Å². The van der Waals surface area contributed by atoms with Crippen molar-refractivity contribution in [3.05, 3.63) is 24.3 Å². The zero-order valence-corrected chi connectivity index (χ0v) is 30.2. The summed E-state index contributed by atoms with van der Waals surface area (Å²) in [5.41, 5.74) is 0. The molecule has 1 N–H and O–H groups in total. The predicted octanol–water partition coefficient (Wildman–Crippen LogP) is 13.6. The van der Waals surface area contributed by atoms with E-state index in [1.54, 1.807) is 0 Å². The highest BCUT2D eigenvalue weighted by molar-refractivity contribution is 5.69. The number of ether oxygens (including phenoxy) is 1. The molecule has 0 rings (SSSR count). The number of aliphatic carboxylic acids is 1. The maximum Gasteiger partial charge on any atom is 0.306 e. The van der Waals surface area contributed by atoms with Crippen molar-refractivity contribution in [2.24, 2.45) is 0 Å².